The maximum absolute atomic E-state index is 5.55. The summed E-state index contributed by atoms with van der Waals surface area (Å²) in [6.07, 6.45) is 2.07. The molecule has 2 heterocycles. The van der Waals surface area contributed by atoms with Gasteiger partial charge in [-0.3, -0.25) is 0 Å². The van der Waals surface area contributed by atoms with Crippen LogP contribution in [0.4, 0.5) is 0 Å². The first-order valence-electron chi connectivity index (χ1n) is 6.65. The van der Waals surface area contributed by atoms with Crippen molar-refractivity contribution in [3.05, 3.63) is 17.2 Å². The number of ether oxygens (including phenoxy) is 1. The van der Waals surface area contributed by atoms with Crippen LogP contribution < -0.4 is 5.32 Å². The number of hydrogen-bond donors (Lipinski definition) is 1. The van der Waals surface area contributed by atoms with Crippen LogP contribution in [0.15, 0.2) is 0 Å². The van der Waals surface area contributed by atoms with E-state index in [9.17, 15) is 0 Å². The molecule has 4 nitrogen and oxygen atoms in total. The van der Waals surface area contributed by atoms with E-state index in [1.165, 1.54) is 17.2 Å². The van der Waals surface area contributed by atoms with E-state index >= 15 is 0 Å². The highest BCUT2D eigenvalue weighted by Crippen LogP contribution is 2.21. The highest BCUT2D eigenvalue weighted by atomic mass is 16.5. The molecular formula is C13H23N3O. The Kier molecular flexibility index (Phi) is 4.18. The summed E-state index contributed by atoms with van der Waals surface area (Å²) in [4.78, 5) is 4.74. The van der Waals surface area contributed by atoms with E-state index in [-0.39, 0.29) is 0 Å². The molecule has 0 amide bonds. The summed E-state index contributed by atoms with van der Waals surface area (Å²) in [5, 5.41) is 3.38. The fraction of sp³-hybridized carbons (Fsp3) is 0.769. The van der Waals surface area contributed by atoms with E-state index in [0.29, 0.717) is 6.04 Å². The second-order valence-electron chi connectivity index (χ2n) is 4.58. The summed E-state index contributed by atoms with van der Waals surface area (Å²) in [6, 6.07) is 0.388. The number of nitrogens with zero attached hydrogens (tertiary/aromatic N) is 2. The van der Waals surface area contributed by atoms with E-state index in [0.717, 1.165) is 39.1 Å². The van der Waals surface area contributed by atoms with Crippen molar-refractivity contribution in [2.24, 2.45) is 0 Å². The summed E-state index contributed by atoms with van der Waals surface area (Å²) < 4.78 is 7.94. The summed E-state index contributed by atoms with van der Waals surface area (Å²) in [5.41, 5.74) is 2.64. The smallest absolute Gasteiger partial charge is 0.109 e. The van der Waals surface area contributed by atoms with Gasteiger partial charge in [-0.1, -0.05) is 6.92 Å². The fourth-order valence-corrected chi connectivity index (χ4v) is 2.52. The molecule has 1 aromatic heterocycles. The third-order valence-corrected chi connectivity index (χ3v) is 3.32. The molecule has 1 aromatic rings. The van der Waals surface area contributed by atoms with Gasteiger partial charge in [0.2, 0.25) is 0 Å². The van der Waals surface area contributed by atoms with Crippen LogP contribution in [-0.2, 0) is 24.1 Å². The van der Waals surface area contributed by atoms with E-state index in [1.54, 1.807) is 0 Å². The van der Waals surface area contributed by atoms with Crippen molar-refractivity contribution >= 4 is 0 Å². The van der Waals surface area contributed by atoms with Gasteiger partial charge in [-0.25, -0.2) is 4.98 Å². The van der Waals surface area contributed by atoms with Gasteiger partial charge in [-0.2, -0.15) is 0 Å². The molecule has 1 N–H and O–H groups in total. The minimum absolute atomic E-state index is 0.388. The van der Waals surface area contributed by atoms with Gasteiger partial charge in [0, 0.05) is 38.2 Å². The Morgan fingerprint density at radius 2 is 2.29 bits per heavy atom. The number of aryl methyl sites for hydroxylation is 1. The lowest BCUT2D eigenvalue weighted by Crippen LogP contribution is -2.26. The topological polar surface area (TPSA) is 39.1 Å². The lowest BCUT2D eigenvalue weighted by atomic mass is 10.1. The molecule has 0 saturated carbocycles. The maximum atomic E-state index is 5.55. The van der Waals surface area contributed by atoms with Crippen molar-refractivity contribution < 1.29 is 4.74 Å². The van der Waals surface area contributed by atoms with Gasteiger partial charge in [-0.05, 0) is 13.8 Å². The Bertz CT molecular complexity index is 373. The third-order valence-electron chi connectivity index (χ3n) is 3.32. The minimum Gasteiger partial charge on any atom is -0.380 e. The van der Waals surface area contributed by atoms with Gasteiger partial charge in [-0.15, -0.1) is 0 Å². The second-order valence-corrected chi connectivity index (χ2v) is 4.58. The first kappa shape index (κ1) is 12.6. The summed E-state index contributed by atoms with van der Waals surface area (Å²) in [6.45, 7) is 9.97. The summed E-state index contributed by atoms with van der Waals surface area (Å²) >= 11 is 0. The molecule has 2 rings (SSSR count). The number of nitrogens with one attached hydrogen (secondary N) is 1. The van der Waals surface area contributed by atoms with Crippen molar-refractivity contribution in [1.82, 2.24) is 14.9 Å². The molecule has 1 aliphatic rings. The van der Waals surface area contributed by atoms with Crippen LogP contribution >= 0.6 is 0 Å². The van der Waals surface area contributed by atoms with Crippen molar-refractivity contribution in [3.8, 4) is 0 Å². The quantitative estimate of drug-likeness (QED) is 0.847. The first-order valence-corrected chi connectivity index (χ1v) is 6.65. The summed E-state index contributed by atoms with van der Waals surface area (Å²) in [7, 11) is 0. The van der Waals surface area contributed by atoms with E-state index in [4.69, 9.17) is 9.72 Å². The third kappa shape index (κ3) is 2.53. The highest BCUT2D eigenvalue weighted by molar-refractivity contribution is 5.21. The Hall–Kier alpha value is -0.870. The van der Waals surface area contributed by atoms with Gasteiger partial charge >= 0.3 is 0 Å². The second kappa shape index (κ2) is 5.65. The SMILES string of the molecule is CCOCC(C)n1c(CC)nc2c1CCNC2. The van der Waals surface area contributed by atoms with Crippen LogP contribution in [0.5, 0.6) is 0 Å². The molecule has 17 heavy (non-hydrogen) atoms. The van der Waals surface area contributed by atoms with Crippen LogP contribution in [0.25, 0.3) is 0 Å². The lowest BCUT2D eigenvalue weighted by molar-refractivity contribution is 0.117. The van der Waals surface area contributed by atoms with Gasteiger partial charge < -0.3 is 14.6 Å². The van der Waals surface area contributed by atoms with Crippen LogP contribution in [0.2, 0.25) is 0 Å². The fourth-order valence-electron chi connectivity index (χ4n) is 2.52. The predicted molar refractivity (Wildman–Crippen MR) is 68.2 cm³/mol. The van der Waals surface area contributed by atoms with Crippen molar-refractivity contribution in [2.75, 3.05) is 19.8 Å². The highest BCUT2D eigenvalue weighted by Gasteiger charge is 2.21. The zero-order valence-electron chi connectivity index (χ0n) is 11.1. The average molecular weight is 237 g/mol. The molecule has 0 aromatic carbocycles. The van der Waals surface area contributed by atoms with Crippen molar-refractivity contribution in [1.29, 1.82) is 0 Å². The Balaban J connectivity index is 2.26. The normalized spacial score (nSPS) is 16.9. The predicted octanol–water partition coefficient (Wildman–Crippen LogP) is 1.69. The van der Waals surface area contributed by atoms with Crippen LogP contribution in [0.3, 0.4) is 0 Å². The number of rotatable bonds is 5. The zero-order valence-corrected chi connectivity index (χ0v) is 11.1. The molecule has 0 spiro atoms. The Morgan fingerprint density at radius 3 is 3.00 bits per heavy atom. The molecule has 0 radical (unpaired) electrons. The zero-order chi connectivity index (χ0) is 12.3. The number of aromatic nitrogens is 2. The molecule has 1 aliphatic heterocycles. The van der Waals surface area contributed by atoms with Crippen molar-refractivity contribution in [3.63, 3.8) is 0 Å². The average Bonchev–Trinajstić information content (AvgIpc) is 2.74. The van der Waals surface area contributed by atoms with Crippen molar-refractivity contribution in [2.45, 2.75) is 46.2 Å². The van der Waals surface area contributed by atoms with Gasteiger partial charge in [0.05, 0.1) is 18.3 Å². The van der Waals surface area contributed by atoms with Gasteiger partial charge in [0.15, 0.2) is 0 Å². The standard InChI is InChI=1S/C13H23N3O/c1-4-13-15-11-8-14-7-6-12(11)16(13)10(3)9-17-5-2/h10,14H,4-9H2,1-3H3. The molecule has 4 heteroatoms. The van der Waals surface area contributed by atoms with Gasteiger partial charge in [0.25, 0.3) is 0 Å². The summed E-state index contributed by atoms with van der Waals surface area (Å²) in [5.74, 6) is 1.20. The van der Waals surface area contributed by atoms with E-state index < -0.39 is 0 Å². The maximum Gasteiger partial charge on any atom is 0.109 e. The first-order chi connectivity index (χ1) is 8.27. The Morgan fingerprint density at radius 1 is 1.47 bits per heavy atom. The molecule has 1 unspecified atom stereocenters. The van der Waals surface area contributed by atoms with Gasteiger partial charge in [0.1, 0.15) is 5.82 Å². The van der Waals surface area contributed by atoms with E-state index in [1.807, 2.05) is 6.92 Å². The number of imidazole rings is 1. The molecule has 0 saturated heterocycles. The van der Waals surface area contributed by atoms with Crippen LogP contribution in [-0.4, -0.2) is 29.3 Å². The van der Waals surface area contributed by atoms with Crippen LogP contribution in [0.1, 0.15) is 44.0 Å². The number of hydrogen-bond acceptors (Lipinski definition) is 3. The molecule has 0 aliphatic carbocycles. The largest absolute Gasteiger partial charge is 0.380 e. The van der Waals surface area contributed by atoms with E-state index in [2.05, 4.69) is 23.7 Å². The lowest BCUT2D eigenvalue weighted by Gasteiger charge is -2.21. The number of fused-ring (bicyclic) bond motifs is 1. The monoisotopic (exact) mass is 237 g/mol. The molecule has 0 bridgehead atoms. The molecule has 0 fully saturated rings. The molecular weight excluding hydrogens is 214 g/mol. The van der Waals surface area contributed by atoms with Crippen LogP contribution in [0, 0.1) is 0 Å². The molecule has 96 valence electrons. The Labute approximate surface area is 103 Å². The molecule has 1 atom stereocenters. The minimum atomic E-state index is 0.388.